The predicted molar refractivity (Wildman–Crippen MR) is 84.9 cm³/mol. The van der Waals surface area contributed by atoms with Gasteiger partial charge in [-0.1, -0.05) is 37.3 Å². The molecule has 1 rings (SSSR count). The maximum Gasteiger partial charge on any atom is 0.249 e. The van der Waals surface area contributed by atoms with Crippen molar-refractivity contribution in [3.05, 3.63) is 35.9 Å². The third kappa shape index (κ3) is 3.92. The van der Waals surface area contributed by atoms with Crippen LogP contribution in [0.15, 0.2) is 30.3 Å². The van der Waals surface area contributed by atoms with Gasteiger partial charge in [-0.15, -0.1) is 0 Å². The molecule has 0 aromatic heterocycles. The molecule has 0 spiro atoms. The van der Waals surface area contributed by atoms with Crippen molar-refractivity contribution < 1.29 is 8.90 Å². The molecule has 0 aliphatic heterocycles. The lowest BCUT2D eigenvalue weighted by atomic mass is 9.98. The Kier molecular flexibility index (Phi) is 5.93. The summed E-state index contributed by atoms with van der Waals surface area (Å²) < 4.78 is 14.8. The van der Waals surface area contributed by atoms with E-state index in [0.29, 0.717) is 13.1 Å². The highest BCUT2D eigenvalue weighted by atomic mass is 28.4. The van der Waals surface area contributed by atoms with Gasteiger partial charge in [-0.05, 0) is 32.5 Å². The number of benzene rings is 1. The number of nitrogens with zero attached hydrogens (tertiary/aromatic N) is 1. The molecule has 2 unspecified atom stereocenters. The molecule has 0 heterocycles. The molecule has 1 aromatic carbocycles. The maximum atomic E-state index is 14.8. The van der Waals surface area contributed by atoms with Crippen molar-refractivity contribution in [1.29, 1.82) is 0 Å². The van der Waals surface area contributed by atoms with Gasteiger partial charge in [0.05, 0.1) is 0 Å². The molecule has 1 amide bonds. The lowest BCUT2D eigenvalue weighted by Gasteiger charge is -2.33. The van der Waals surface area contributed by atoms with Crippen LogP contribution < -0.4 is 0 Å². The van der Waals surface area contributed by atoms with Crippen LogP contribution in [0.2, 0.25) is 13.1 Å². The van der Waals surface area contributed by atoms with Crippen LogP contribution in [-0.4, -0.2) is 32.3 Å². The number of hydrogen-bond donors (Lipinski definition) is 0. The molecule has 1 aromatic rings. The minimum atomic E-state index is -2.97. The summed E-state index contributed by atoms with van der Waals surface area (Å²) >= 11 is 0. The SMILES string of the molecule is CCN(CC)C(=O)C(C)C(c1ccccc1)[Si](C)(C)F. The van der Waals surface area contributed by atoms with E-state index in [9.17, 15) is 8.90 Å². The average molecular weight is 295 g/mol. The highest BCUT2D eigenvalue weighted by Crippen LogP contribution is 2.35. The van der Waals surface area contributed by atoms with E-state index in [2.05, 4.69) is 0 Å². The average Bonchev–Trinajstić information content (AvgIpc) is 2.39. The molecular weight excluding hydrogens is 269 g/mol. The van der Waals surface area contributed by atoms with Crippen LogP contribution in [-0.2, 0) is 4.79 Å². The van der Waals surface area contributed by atoms with E-state index in [1.807, 2.05) is 51.1 Å². The van der Waals surface area contributed by atoms with Gasteiger partial charge >= 0.3 is 0 Å². The third-order valence-electron chi connectivity index (χ3n) is 3.86. The minimum Gasteiger partial charge on any atom is -0.343 e. The Bertz CT molecular complexity index is 426. The molecule has 4 heteroatoms. The first-order valence-corrected chi connectivity index (χ1v) is 10.3. The first kappa shape index (κ1) is 16.9. The van der Waals surface area contributed by atoms with Crippen molar-refractivity contribution in [2.45, 2.75) is 39.4 Å². The number of rotatable bonds is 6. The molecule has 0 aliphatic rings. The predicted octanol–water partition coefficient (Wildman–Crippen LogP) is 3.99. The van der Waals surface area contributed by atoms with Gasteiger partial charge in [0.25, 0.3) is 0 Å². The molecule has 0 saturated heterocycles. The summed E-state index contributed by atoms with van der Waals surface area (Å²) in [6, 6.07) is 9.62. The number of hydrogen-bond acceptors (Lipinski definition) is 1. The second-order valence-corrected chi connectivity index (χ2v) is 9.50. The largest absolute Gasteiger partial charge is 0.343 e. The van der Waals surface area contributed by atoms with Crippen molar-refractivity contribution >= 4 is 14.3 Å². The lowest BCUT2D eigenvalue weighted by molar-refractivity contribution is -0.134. The highest BCUT2D eigenvalue weighted by Gasteiger charge is 2.41. The first-order chi connectivity index (χ1) is 9.32. The molecule has 0 fully saturated rings. The summed E-state index contributed by atoms with van der Waals surface area (Å²) in [5.74, 6) is -0.258. The van der Waals surface area contributed by atoms with Gasteiger partial charge in [-0.2, -0.15) is 0 Å². The highest BCUT2D eigenvalue weighted by molar-refractivity contribution is 6.72. The van der Waals surface area contributed by atoms with E-state index >= 15 is 0 Å². The molecular formula is C16H26FNOSi. The normalized spacial score (nSPS) is 14.7. The fraction of sp³-hybridized carbons (Fsp3) is 0.562. The Morgan fingerprint density at radius 3 is 2.10 bits per heavy atom. The van der Waals surface area contributed by atoms with Crippen LogP contribution in [0.3, 0.4) is 0 Å². The van der Waals surface area contributed by atoms with E-state index in [-0.39, 0.29) is 17.4 Å². The first-order valence-electron chi connectivity index (χ1n) is 7.35. The van der Waals surface area contributed by atoms with Crippen LogP contribution in [0.1, 0.15) is 31.9 Å². The zero-order valence-electron chi connectivity index (χ0n) is 13.2. The Labute approximate surface area is 123 Å². The number of carbonyl (C=O) groups is 1. The van der Waals surface area contributed by atoms with E-state index < -0.39 is 8.41 Å². The van der Waals surface area contributed by atoms with Gasteiger partial charge in [0.2, 0.25) is 14.3 Å². The summed E-state index contributed by atoms with van der Waals surface area (Å²) in [5, 5.41) is 0. The molecule has 0 aliphatic carbocycles. The van der Waals surface area contributed by atoms with Crippen LogP contribution >= 0.6 is 0 Å². The van der Waals surface area contributed by atoms with Crippen molar-refractivity contribution in [1.82, 2.24) is 4.90 Å². The molecule has 0 bridgehead atoms. The molecule has 112 valence electrons. The monoisotopic (exact) mass is 295 g/mol. The summed E-state index contributed by atoms with van der Waals surface area (Å²) in [4.78, 5) is 14.3. The Hall–Kier alpha value is -1.16. The quantitative estimate of drug-likeness (QED) is 0.574. The smallest absolute Gasteiger partial charge is 0.249 e. The standard InChI is InChI=1S/C16H26FNOSi/c1-6-18(7-2)16(19)13(3)15(20(4,5)17)14-11-9-8-10-12-14/h8-13,15H,6-7H2,1-5H3. The Morgan fingerprint density at radius 1 is 1.20 bits per heavy atom. The van der Waals surface area contributed by atoms with Gasteiger partial charge in [0, 0.05) is 24.5 Å². The summed E-state index contributed by atoms with van der Waals surface area (Å²) in [5.41, 5.74) is 0.650. The van der Waals surface area contributed by atoms with E-state index in [0.717, 1.165) is 5.56 Å². The number of halogens is 1. The fourth-order valence-electron chi connectivity index (χ4n) is 2.91. The molecule has 0 radical (unpaired) electrons. The molecule has 2 atom stereocenters. The minimum absolute atomic E-state index is 0.0575. The second-order valence-electron chi connectivity index (χ2n) is 5.75. The van der Waals surface area contributed by atoms with Crippen LogP contribution in [0, 0.1) is 5.92 Å². The van der Waals surface area contributed by atoms with E-state index in [1.165, 1.54) is 0 Å². The molecule has 0 N–H and O–H groups in total. The van der Waals surface area contributed by atoms with Crippen LogP contribution in [0.4, 0.5) is 4.11 Å². The van der Waals surface area contributed by atoms with E-state index in [4.69, 9.17) is 0 Å². The lowest BCUT2D eigenvalue weighted by Crippen LogP contribution is -2.43. The van der Waals surface area contributed by atoms with Gasteiger partial charge in [0.15, 0.2) is 0 Å². The fourth-order valence-corrected chi connectivity index (χ4v) is 5.22. The Morgan fingerprint density at radius 2 is 1.70 bits per heavy atom. The topological polar surface area (TPSA) is 20.3 Å². The summed E-state index contributed by atoms with van der Waals surface area (Å²) in [6.45, 7) is 10.5. The zero-order chi connectivity index (χ0) is 15.3. The van der Waals surface area contributed by atoms with Gasteiger partial charge in [-0.3, -0.25) is 4.79 Å². The van der Waals surface area contributed by atoms with Crippen molar-refractivity contribution in [3.8, 4) is 0 Å². The van der Waals surface area contributed by atoms with Crippen LogP contribution in [0.5, 0.6) is 0 Å². The van der Waals surface area contributed by atoms with Crippen molar-refractivity contribution in [3.63, 3.8) is 0 Å². The van der Waals surface area contributed by atoms with Gasteiger partial charge in [-0.25, -0.2) is 0 Å². The molecule has 20 heavy (non-hydrogen) atoms. The maximum absolute atomic E-state index is 14.8. The molecule has 0 saturated carbocycles. The van der Waals surface area contributed by atoms with Crippen LogP contribution in [0.25, 0.3) is 0 Å². The number of carbonyl (C=O) groups excluding carboxylic acids is 1. The number of amides is 1. The second kappa shape index (κ2) is 7.02. The summed E-state index contributed by atoms with van der Waals surface area (Å²) in [7, 11) is -2.97. The van der Waals surface area contributed by atoms with Gasteiger partial charge in [0.1, 0.15) is 0 Å². The third-order valence-corrected chi connectivity index (χ3v) is 6.18. The zero-order valence-corrected chi connectivity index (χ0v) is 14.2. The van der Waals surface area contributed by atoms with Crippen molar-refractivity contribution in [2.24, 2.45) is 5.92 Å². The van der Waals surface area contributed by atoms with E-state index in [1.54, 1.807) is 18.0 Å². The Balaban J connectivity index is 3.10. The summed E-state index contributed by atoms with van der Waals surface area (Å²) in [6.07, 6.45) is 0. The van der Waals surface area contributed by atoms with Gasteiger partial charge < -0.3 is 9.01 Å². The van der Waals surface area contributed by atoms with Crippen molar-refractivity contribution in [2.75, 3.05) is 13.1 Å². The molecule has 2 nitrogen and oxygen atoms in total.